The molecule has 2 nitrogen and oxygen atoms in total. The van der Waals surface area contributed by atoms with Crippen LogP contribution in [0.2, 0.25) is 0 Å². The fraction of sp³-hybridized carbons (Fsp3) is 0.625. The Balaban J connectivity index is 2.52. The molecule has 0 aliphatic heterocycles. The summed E-state index contributed by atoms with van der Waals surface area (Å²) in [6.07, 6.45) is 5.17. The van der Waals surface area contributed by atoms with Crippen LogP contribution in [-0.2, 0) is 0 Å². The summed E-state index contributed by atoms with van der Waals surface area (Å²) in [6, 6.07) is 7.19. The highest BCUT2D eigenvalue weighted by atomic mass is 79.9. The van der Waals surface area contributed by atoms with Gasteiger partial charge in [0.2, 0.25) is 0 Å². The number of hydrogen-bond acceptors (Lipinski definition) is 2. The second kappa shape index (κ2) is 8.60. The Morgan fingerprint density at radius 2 is 2.00 bits per heavy atom. The SMILES string of the molecule is CCCCCC(C)NC(C)c1ccc(OC)c(Br)c1. The van der Waals surface area contributed by atoms with Crippen LogP contribution in [0.15, 0.2) is 22.7 Å². The smallest absolute Gasteiger partial charge is 0.133 e. The largest absolute Gasteiger partial charge is 0.496 e. The number of halogens is 1. The van der Waals surface area contributed by atoms with Gasteiger partial charge in [0.25, 0.3) is 0 Å². The van der Waals surface area contributed by atoms with Crippen molar-refractivity contribution in [3.63, 3.8) is 0 Å². The van der Waals surface area contributed by atoms with Crippen LogP contribution < -0.4 is 10.1 Å². The van der Waals surface area contributed by atoms with Gasteiger partial charge >= 0.3 is 0 Å². The van der Waals surface area contributed by atoms with Crippen LogP contribution in [0.5, 0.6) is 5.75 Å². The number of hydrogen-bond donors (Lipinski definition) is 1. The first-order chi connectivity index (χ1) is 9.08. The molecule has 1 aromatic carbocycles. The van der Waals surface area contributed by atoms with Crippen LogP contribution in [0.25, 0.3) is 0 Å². The highest BCUT2D eigenvalue weighted by molar-refractivity contribution is 9.10. The Labute approximate surface area is 126 Å². The normalized spacial score (nSPS) is 14.2. The van der Waals surface area contributed by atoms with Crippen molar-refractivity contribution in [2.75, 3.05) is 7.11 Å². The van der Waals surface area contributed by atoms with Crippen LogP contribution in [-0.4, -0.2) is 13.2 Å². The van der Waals surface area contributed by atoms with E-state index in [2.05, 4.69) is 54.2 Å². The van der Waals surface area contributed by atoms with Gasteiger partial charge in [0, 0.05) is 12.1 Å². The minimum atomic E-state index is 0.360. The Hall–Kier alpha value is -0.540. The summed E-state index contributed by atoms with van der Waals surface area (Å²) in [4.78, 5) is 0. The molecule has 1 rings (SSSR count). The molecule has 0 aliphatic rings. The topological polar surface area (TPSA) is 21.3 Å². The Morgan fingerprint density at radius 3 is 2.58 bits per heavy atom. The summed E-state index contributed by atoms with van der Waals surface area (Å²) < 4.78 is 6.27. The highest BCUT2D eigenvalue weighted by Gasteiger charge is 2.11. The average Bonchev–Trinajstić information content (AvgIpc) is 2.38. The molecule has 0 saturated heterocycles. The predicted octanol–water partition coefficient (Wildman–Crippen LogP) is 5.08. The first-order valence-corrected chi connectivity index (χ1v) is 7.97. The van der Waals surface area contributed by atoms with Crippen molar-refractivity contribution in [2.45, 2.75) is 58.5 Å². The van der Waals surface area contributed by atoms with Gasteiger partial charge in [0.05, 0.1) is 11.6 Å². The number of methoxy groups -OCH3 is 1. The van der Waals surface area contributed by atoms with Crippen LogP contribution in [0.1, 0.15) is 58.1 Å². The molecule has 2 unspecified atom stereocenters. The quantitative estimate of drug-likeness (QED) is 0.672. The molecular formula is C16H26BrNO. The fourth-order valence-electron chi connectivity index (χ4n) is 2.26. The number of rotatable bonds is 8. The molecule has 0 bridgehead atoms. The molecular weight excluding hydrogens is 302 g/mol. The summed E-state index contributed by atoms with van der Waals surface area (Å²) in [5.74, 6) is 0.881. The van der Waals surface area contributed by atoms with Crippen molar-refractivity contribution in [3.05, 3.63) is 28.2 Å². The van der Waals surface area contributed by atoms with Crippen LogP contribution in [0.4, 0.5) is 0 Å². The van der Waals surface area contributed by atoms with E-state index in [1.165, 1.54) is 31.2 Å². The monoisotopic (exact) mass is 327 g/mol. The molecule has 0 heterocycles. The average molecular weight is 328 g/mol. The Morgan fingerprint density at radius 1 is 1.26 bits per heavy atom. The first kappa shape index (κ1) is 16.5. The molecule has 2 atom stereocenters. The fourth-order valence-corrected chi connectivity index (χ4v) is 2.82. The van der Waals surface area contributed by atoms with Crippen LogP contribution in [0, 0.1) is 0 Å². The van der Waals surface area contributed by atoms with Gasteiger partial charge < -0.3 is 10.1 Å². The molecule has 0 fully saturated rings. The van der Waals surface area contributed by atoms with E-state index in [4.69, 9.17) is 4.74 Å². The van der Waals surface area contributed by atoms with Crippen molar-refractivity contribution >= 4 is 15.9 Å². The lowest BCUT2D eigenvalue weighted by atomic mass is 10.1. The summed E-state index contributed by atoms with van der Waals surface area (Å²) >= 11 is 3.54. The molecule has 1 N–H and O–H groups in total. The van der Waals surface area contributed by atoms with E-state index in [9.17, 15) is 0 Å². The maximum atomic E-state index is 5.26. The lowest BCUT2D eigenvalue weighted by Crippen LogP contribution is -2.28. The zero-order chi connectivity index (χ0) is 14.3. The maximum Gasteiger partial charge on any atom is 0.133 e. The highest BCUT2D eigenvalue weighted by Crippen LogP contribution is 2.28. The van der Waals surface area contributed by atoms with Gasteiger partial charge in [0.1, 0.15) is 5.75 Å². The third kappa shape index (κ3) is 5.53. The van der Waals surface area contributed by atoms with Crippen molar-refractivity contribution in [1.29, 1.82) is 0 Å². The van der Waals surface area contributed by atoms with Gasteiger partial charge in [0.15, 0.2) is 0 Å². The molecule has 0 spiro atoms. The van der Waals surface area contributed by atoms with Crippen LogP contribution >= 0.6 is 15.9 Å². The van der Waals surface area contributed by atoms with Crippen molar-refractivity contribution < 1.29 is 4.74 Å². The second-order valence-corrected chi connectivity index (χ2v) is 6.03. The third-order valence-electron chi connectivity index (χ3n) is 3.45. The van der Waals surface area contributed by atoms with Gasteiger partial charge in [-0.05, 0) is 53.9 Å². The number of ether oxygens (including phenoxy) is 1. The van der Waals surface area contributed by atoms with Crippen molar-refractivity contribution in [1.82, 2.24) is 5.32 Å². The van der Waals surface area contributed by atoms with E-state index in [0.717, 1.165) is 10.2 Å². The molecule has 0 aromatic heterocycles. The van der Waals surface area contributed by atoms with Crippen molar-refractivity contribution in [2.24, 2.45) is 0 Å². The van der Waals surface area contributed by atoms with E-state index in [-0.39, 0.29) is 0 Å². The van der Waals surface area contributed by atoms with Gasteiger partial charge in [-0.3, -0.25) is 0 Å². The van der Waals surface area contributed by atoms with E-state index in [1.54, 1.807) is 7.11 Å². The number of benzene rings is 1. The standard InChI is InChI=1S/C16H26BrNO/c1-5-6-7-8-12(2)18-13(3)14-9-10-16(19-4)15(17)11-14/h9-13,18H,5-8H2,1-4H3. The Bertz CT molecular complexity index is 381. The number of unbranched alkanes of at least 4 members (excludes halogenated alkanes) is 2. The molecule has 0 amide bonds. The predicted molar refractivity (Wildman–Crippen MR) is 85.8 cm³/mol. The summed E-state index contributed by atoms with van der Waals surface area (Å²) in [5.41, 5.74) is 1.29. The molecule has 0 aliphatic carbocycles. The van der Waals surface area contributed by atoms with Gasteiger partial charge in [-0.2, -0.15) is 0 Å². The molecule has 108 valence electrons. The van der Waals surface area contributed by atoms with E-state index < -0.39 is 0 Å². The van der Waals surface area contributed by atoms with E-state index in [0.29, 0.717) is 12.1 Å². The maximum absolute atomic E-state index is 5.26. The van der Waals surface area contributed by atoms with Gasteiger partial charge in [-0.1, -0.05) is 32.3 Å². The summed E-state index contributed by atoms with van der Waals surface area (Å²) in [6.45, 7) is 6.73. The zero-order valence-corrected chi connectivity index (χ0v) is 14.1. The Kier molecular flexibility index (Phi) is 7.47. The molecule has 19 heavy (non-hydrogen) atoms. The van der Waals surface area contributed by atoms with Crippen molar-refractivity contribution in [3.8, 4) is 5.75 Å². The number of nitrogens with one attached hydrogen (secondary N) is 1. The molecule has 0 saturated carbocycles. The van der Waals surface area contributed by atoms with E-state index >= 15 is 0 Å². The van der Waals surface area contributed by atoms with E-state index in [1.807, 2.05) is 6.07 Å². The minimum Gasteiger partial charge on any atom is -0.496 e. The summed E-state index contributed by atoms with van der Waals surface area (Å²) in [7, 11) is 1.69. The van der Waals surface area contributed by atoms with Crippen LogP contribution in [0.3, 0.4) is 0 Å². The molecule has 3 heteroatoms. The minimum absolute atomic E-state index is 0.360. The molecule has 0 radical (unpaired) electrons. The lowest BCUT2D eigenvalue weighted by Gasteiger charge is -2.21. The van der Waals surface area contributed by atoms with Gasteiger partial charge in [-0.15, -0.1) is 0 Å². The first-order valence-electron chi connectivity index (χ1n) is 7.18. The summed E-state index contributed by atoms with van der Waals surface area (Å²) in [5, 5.41) is 3.66. The molecule has 1 aromatic rings. The second-order valence-electron chi connectivity index (χ2n) is 5.18. The third-order valence-corrected chi connectivity index (χ3v) is 4.07. The zero-order valence-electron chi connectivity index (χ0n) is 12.5. The van der Waals surface area contributed by atoms with Gasteiger partial charge in [-0.25, -0.2) is 0 Å². The lowest BCUT2D eigenvalue weighted by molar-refractivity contribution is 0.410.